The minimum absolute atomic E-state index is 0.0644. The molecular weight excluding hydrogens is 388 g/mol. The number of phenols is 1. The quantitative estimate of drug-likeness (QED) is 0.594. The van der Waals surface area contributed by atoms with Gasteiger partial charge in [0, 0.05) is 48.3 Å². The van der Waals surface area contributed by atoms with E-state index < -0.39 is 5.92 Å². The third-order valence-corrected chi connectivity index (χ3v) is 6.64. The van der Waals surface area contributed by atoms with Gasteiger partial charge in [0.2, 0.25) is 0 Å². The molecule has 0 amide bonds. The van der Waals surface area contributed by atoms with Gasteiger partial charge in [-0.2, -0.15) is 5.26 Å². The Morgan fingerprint density at radius 2 is 1.69 bits per heavy atom. The third-order valence-electron chi connectivity index (χ3n) is 6.02. The van der Waals surface area contributed by atoms with Gasteiger partial charge < -0.3 is 14.7 Å². The number of thioether (sulfide) groups is 1. The fourth-order valence-corrected chi connectivity index (χ4v) is 5.23. The molecule has 1 N–H and O–H groups in total. The predicted molar refractivity (Wildman–Crippen MR) is 108 cm³/mol. The van der Waals surface area contributed by atoms with Crippen LogP contribution >= 0.6 is 11.8 Å². The van der Waals surface area contributed by atoms with Crippen LogP contribution in [0.25, 0.3) is 0 Å². The first-order valence-corrected chi connectivity index (χ1v) is 10.5. The Labute approximate surface area is 173 Å². The molecule has 1 aromatic rings. The van der Waals surface area contributed by atoms with E-state index in [4.69, 9.17) is 10.00 Å². The molecule has 0 unspecified atom stereocenters. The summed E-state index contributed by atoms with van der Waals surface area (Å²) < 4.78 is 5.33. The molecule has 1 aromatic carbocycles. The number of Topliss-reactive ketones (excluding diaryl/α,β-unsaturated/α-hetero) is 2. The van der Waals surface area contributed by atoms with Gasteiger partial charge in [-0.1, -0.05) is 0 Å². The highest BCUT2D eigenvalue weighted by molar-refractivity contribution is 8.03. The van der Waals surface area contributed by atoms with Crippen molar-refractivity contribution in [1.82, 2.24) is 4.90 Å². The Morgan fingerprint density at radius 1 is 1.10 bits per heavy atom. The molecule has 29 heavy (non-hydrogen) atoms. The zero-order valence-electron chi connectivity index (χ0n) is 16.4. The molecule has 7 heteroatoms. The molecule has 1 aliphatic heterocycles. The largest absolute Gasteiger partial charge is 0.503 e. The number of carbonyl (C=O) groups is 2. The smallest absolute Gasteiger partial charge is 0.172 e. The molecule has 0 aromatic heterocycles. The van der Waals surface area contributed by atoms with Crippen molar-refractivity contribution in [3.63, 3.8) is 0 Å². The molecule has 3 aliphatic rings. The van der Waals surface area contributed by atoms with Crippen molar-refractivity contribution in [2.45, 2.75) is 49.3 Å². The first kappa shape index (κ1) is 19.6. The average Bonchev–Trinajstić information content (AvgIpc) is 2.71. The van der Waals surface area contributed by atoms with Crippen LogP contribution < -0.4 is 4.74 Å². The minimum atomic E-state index is -0.482. The van der Waals surface area contributed by atoms with Crippen molar-refractivity contribution in [3.8, 4) is 16.9 Å². The Hall–Kier alpha value is -2.72. The lowest BCUT2D eigenvalue weighted by Crippen LogP contribution is -2.37. The summed E-state index contributed by atoms with van der Waals surface area (Å²) in [5.41, 5.74) is 4.03. The predicted octanol–water partition coefficient (Wildman–Crippen LogP) is 4.02. The lowest BCUT2D eigenvalue weighted by molar-refractivity contribution is -0.117. The zero-order valence-corrected chi connectivity index (χ0v) is 17.3. The van der Waals surface area contributed by atoms with Gasteiger partial charge in [-0.3, -0.25) is 9.59 Å². The normalized spacial score (nSPS) is 19.8. The van der Waals surface area contributed by atoms with Crippen molar-refractivity contribution < 1.29 is 19.4 Å². The minimum Gasteiger partial charge on any atom is -0.503 e. The van der Waals surface area contributed by atoms with Crippen LogP contribution in [0.4, 0.5) is 0 Å². The van der Waals surface area contributed by atoms with Crippen LogP contribution in [0.2, 0.25) is 0 Å². The Bertz CT molecular complexity index is 974. The number of thiocyanates is 1. The summed E-state index contributed by atoms with van der Waals surface area (Å²) in [5, 5.41) is 21.5. The van der Waals surface area contributed by atoms with Gasteiger partial charge in [0.1, 0.15) is 5.40 Å². The number of carbonyl (C=O) groups excluding carboxylic acids is 2. The summed E-state index contributed by atoms with van der Waals surface area (Å²) in [6.45, 7) is 0. The van der Waals surface area contributed by atoms with Gasteiger partial charge in [-0.15, -0.1) is 0 Å². The summed E-state index contributed by atoms with van der Waals surface area (Å²) in [6, 6.07) is 3.40. The SMILES string of the molecule is COc1cc(C2C3=C(CCCC3=O)N(C)C3=C2C(=O)CCC3)cc(SC#N)c1O. The lowest BCUT2D eigenvalue weighted by atomic mass is 9.71. The van der Waals surface area contributed by atoms with Crippen molar-refractivity contribution in [3.05, 3.63) is 40.2 Å². The number of rotatable bonds is 3. The van der Waals surface area contributed by atoms with E-state index in [-0.39, 0.29) is 23.1 Å². The van der Waals surface area contributed by atoms with Gasteiger partial charge >= 0.3 is 0 Å². The third kappa shape index (κ3) is 3.12. The van der Waals surface area contributed by atoms with Crippen LogP contribution in [0, 0.1) is 10.7 Å². The number of hydrogen-bond donors (Lipinski definition) is 1. The van der Waals surface area contributed by atoms with Crippen LogP contribution in [0.1, 0.15) is 50.0 Å². The highest BCUT2D eigenvalue weighted by Crippen LogP contribution is 2.50. The van der Waals surface area contributed by atoms with E-state index in [1.165, 1.54) is 7.11 Å². The number of aromatic hydroxyl groups is 1. The summed E-state index contributed by atoms with van der Waals surface area (Å²) in [6.07, 6.45) is 4.14. The van der Waals surface area contributed by atoms with Gasteiger partial charge in [0.25, 0.3) is 0 Å². The van der Waals surface area contributed by atoms with Crippen molar-refractivity contribution in [2.24, 2.45) is 0 Å². The molecule has 0 saturated heterocycles. The van der Waals surface area contributed by atoms with Crippen molar-refractivity contribution in [1.29, 1.82) is 5.26 Å². The van der Waals surface area contributed by atoms with E-state index in [1.54, 1.807) is 12.1 Å². The van der Waals surface area contributed by atoms with Crippen molar-refractivity contribution in [2.75, 3.05) is 14.2 Å². The molecule has 0 spiro atoms. The Kier molecular flexibility index (Phi) is 5.13. The summed E-state index contributed by atoms with van der Waals surface area (Å²) >= 11 is 0.834. The molecule has 0 fully saturated rings. The molecule has 0 radical (unpaired) electrons. The van der Waals surface area contributed by atoms with E-state index in [9.17, 15) is 14.7 Å². The summed E-state index contributed by atoms with van der Waals surface area (Å²) in [7, 11) is 3.40. The lowest BCUT2D eigenvalue weighted by Gasteiger charge is -2.42. The molecule has 2 aliphatic carbocycles. The van der Waals surface area contributed by atoms with Gasteiger partial charge in [-0.05, 0) is 55.1 Å². The average molecular weight is 410 g/mol. The maximum Gasteiger partial charge on any atom is 0.172 e. The standard InChI is InChI=1S/C22H22N2O4S/c1-24-13-5-3-7-15(25)20(13)19(21-14(24)6-4-8-16(21)26)12-9-17(28-2)22(27)18(10-12)29-11-23/h9-10,19,27H,3-8H2,1-2H3. The molecule has 0 bridgehead atoms. The van der Waals surface area contributed by atoms with E-state index >= 15 is 0 Å². The van der Waals surface area contributed by atoms with Gasteiger partial charge in [-0.25, -0.2) is 0 Å². The second-order valence-corrected chi connectivity index (χ2v) is 8.36. The number of benzene rings is 1. The number of nitriles is 1. The first-order chi connectivity index (χ1) is 14.0. The number of ketones is 2. The molecule has 4 rings (SSSR count). The fourth-order valence-electron chi connectivity index (χ4n) is 4.74. The number of phenolic OH excluding ortho intramolecular Hbond substituents is 1. The van der Waals surface area contributed by atoms with Crippen LogP contribution in [0.3, 0.4) is 0 Å². The molecule has 1 heterocycles. The molecular formula is C22H22N2O4S. The highest BCUT2D eigenvalue weighted by atomic mass is 32.2. The molecule has 150 valence electrons. The fraction of sp³-hybridized carbons (Fsp3) is 0.409. The van der Waals surface area contributed by atoms with Gasteiger partial charge in [0.05, 0.1) is 12.0 Å². The first-order valence-electron chi connectivity index (χ1n) is 9.71. The molecule has 0 atom stereocenters. The Balaban J connectivity index is 1.98. The number of allylic oxidation sites excluding steroid dienone is 4. The number of nitrogens with zero attached hydrogens (tertiary/aromatic N) is 2. The maximum absolute atomic E-state index is 13.0. The van der Waals surface area contributed by atoms with Crippen molar-refractivity contribution >= 4 is 23.3 Å². The Morgan fingerprint density at radius 3 is 2.21 bits per heavy atom. The second-order valence-electron chi connectivity index (χ2n) is 7.53. The van der Waals surface area contributed by atoms with Crippen LogP contribution in [-0.4, -0.2) is 35.7 Å². The number of methoxy groups -OCH3 is 1. The topological polar surface area (TPSA) is 90.6 Å². The summed E-state index contributed by atoms with van der Waals surface area (Å²) in [4.78, 5) is 28.4. The monoisotopic (exact) mass is 410 g/mol. The van der Waals surface area contributed by atoms with E-state index in [2.05, 4.69) is 4.90 Å². The molecule has 0 saturated carbocycles. The van der Waals surface area contributed by atoms with Crippen LogP contribution in [0.15, 0.2) is 39.6 Å². The number of ether oxygens (including phenoxy) is 1. The van der Waals surface area contributed by atoms with E-state index in [1.807, 2.05) is 12.4 Å². The van der Waals surface area contributed by atoms with E-state index in [0.29, 0.717) is 34.4 Å². The summed E-state index contributed by atoms with van der Waals surface area (Å²) in [5.74, 6) is -0.229. The maximum atomic E-state index is 13.0. The van der Waals surface area contributed by atoms with Gasteiger partial charge in [0.15, 0.2) is 23.1 Å². The second kappa shape index (κ2) is 7.60. The van der Waals surface area contributed by atoms with Crippen LogP contribution in [0.5, 0.6) is 11.5 Å². The zero-order chi connectivity index (χ0) is 20.7. The van der Waals surface area contributed by atoms with Crippen LogP contribution in [-0.2, 0) is 9.59 Å². The van der Waals surface area contributed by atoms with E-state index in [0.717, 1.165) is 48.8 Å². The highest BCUT2D eigenvalue weighted by Gasteiger charge is 2.42. The molecule has 6 nitrogen and oxygen atoms in total. The number of hydrogen-bond acceptors (Lipinski definition) is 7.